The Bertz CT molecular complexity index is 3470. The van der Waals surface area contributed by atoms with Crippen molar-refractivity contribution in [1.29, 1.82) is 0 Å². The molecular formula is C45H40N12O9S3. The first kappa shape index (κ1) is 49.2. The molecular weight excluding hydrogens is 949 g/mol. The average Bonchev–Trinajstić information content (AvgIpc) is 3.29. The molecule has 24 heteroatoms. The largest absolute Gasteiger partial charge is 0.353 e. The molecule has 0 atom stereocenters. The molecule has 1 heterocycles. The minimum atomic E-state index is -4.71. The van der Waals surface area contributed by atoms with Crippen molar-refractivity contribution in [2.75, 3.05) is 17.6 Å². The fourth-order valence-corrected chi connectivity index (χ4v) is 7.79. The lowest BCUT2D eigenvalue weighted by Gasteiger charge is -2.10. The fourth-order valence-electron chi connectivity index (χ4n) is 6.31. The summed E-state index contributed by atoms with van der Waals surface area (Å²) in [7, 11) is -13.3. The second-order valence-corrected chi connectivity index (χ2v) is 19.4. The highest BCUT2D eigenvalue weighted by molar-refractivity contribution is 7.86. The third-order valence-electron chi connectivity index (χ3n) is 9.68. The topological polar surface area (TPSA) is 313 Å². The van der Waals surface area contributed by atoms with Crippen LogP contribution in [0.4, 0.5) is 51.4 Å². The van der Waals surface area contributed by atoms with Gasteiger partial charge in [-0.3, -0.25) is 13.7 Å². The highest BCUT2D eigenvalue weighted by atomic mass is 32.2. The predicted molar refractivity (Wildman–Crippen MR) is 255 cm³/mol. The predicted octanol–water partition coefficient (Wildman–Crippen LogP) is 11.1. The van der Waals surface area contributed by atoms with Crippen molar-refractivity contribution in [2.45, 2.75) is 36.5 Å². The Labute approximate surface area is 396 Å². The lowest BCUT2D eigenvalue weighted by molar-refractivity contribution is 0.481. The quantitative estimate of drug-likeness (QED) is 0.0460. The third-order valence-corrected chi connectivity index (χ3v) is 12.2. The normalized spacial score (nSPS) is 12.5. The van der Waals surface area contributed by atoms with E-state index < -0.39 is 41.0 Å². The number of nitrogens with one attached hydrogen (secondary N) is 1. The van der Waals surface area contributed by atoms with Gasteiger partial charge in [0.1, 0.15) is 22.2 Å². The summed E-state index contributed by atoms with van der Waals surface area (Å²) in [4.78, 5) is 13.0. The van der Waals surface area contributed by atoms with E-state index in [4.69, 9.17) is 9.54 Å². The van der Waals surface area contributed by atoms with Gasteiger partial charge in [0, 0.05) is 19.4 Å². The van der Waals surface area contributed by atoms with E-state index >= 15 is 0 Å². The van der Waals surface area contributed by atoms with E-state index in [9.17, 15) is 34.4 Å². The number of anilines is 1. The van der Waals surface area contributed by atoms with Crippen molar-refractivity contribution < 1.29 is 38.9 Å². The number of azo groups is 4. The van der Waals surface area contributed by atoms with Gasteiger partial charge in [0.2, 0.25) is 5.95 Å². The molecule has 0 aliphatic rings. The first-order chi connectivity index (χ1) is 32.8. The van der Waals surface area contributed by atoms with Crippen LogP contribution >= 0.6 is 0 Å². The van der Waals surface area contributed by atoms with E-state index in [2.05, 4.69) is 56.2 Å². The molecule has 0 saturated heterocycles. The summed E-state index contributed by atoms with van der Waals surface area (Å²) < 4.78 is 98.4. The summed E-state index contributed by atoms with van der Waals surface area (Å²) in [6, 6.07) is 35.8. The Morgan fingerprint density at radius 3 is 1.39 bits per heavy atom. The van der Waals surface area contributed by atoms with Crippen molar-refractivity contribution in [2.24, 2.45) is 40.9 Å². The van der Waals surface area contributed by atoms with Crippen LogP contribution in [-0.4, -0.2) is 66.2 Å². The summed E-state index contributed by atoms with van der Waals surface area (Å²) >= 11 is 0. The van der Waals surface area contributed by atoms with Crippen LogP contribution in [0.15, 0.2) is 184 Å². The van der Waals surface area contributed by atoms with Gasteiger partial charge in [-0.25, -0.2) is 4.98 Å². The molecule has 0 saturated carbocycles. The number of benzene rings is 6. The summed E-state index contributed by atoms with van der Waals surface area (Å²) in [5, 5.41) is 36.3. The van der Waals surface area contributed by atoms with Crippen molar-refractivity contribution in [3.05, 3.63) is 167 Å². The van der Waals surface area contributed by atoms with Crippen LogP contribution in [0.1, 0.15) is 33.9 Å². The van der Waals surface area contributed by atoms with Gasteiger partial charge >= 0.3 is 0 Å². The molecule has 7 rings (SSSR count). The Balaban J connectivity index is 1.03. The maximum Gasteiger partial charge on any atom is 0.296 e. The summed E-state index contributed by atoms with van der Waals surface area (Å²) in [5.74, 6) is 0.262. The smallest absolute Gasteiger partial charge is 0.296 e. The van der Waals surface area contributed by atoms with Crippen LogP contribution in [0.3, 0.4) is 0 Å². The van der Waals surface area contributed by atoms with Gasteiger partial charge in [-0.15, -0.1) is 5.11 Å². The minimum Gasteiger partial charge on any atom is -0.353 e. The zero-order chi connectivity index (χ0) is 49.2. The molecule has 6 aromatic carbocycles. The van der Waals surface area contributed by atoms with Gasteiger partial charge in [0.25, 0.3) is 30.4 Å². The van der Waals surface area contributed by atoms with Crippen molar-refractivity contribution in [1.82, 2.24) is 15.0 Å². The first-order valence-corrected chi connectivity index (χ1v) is 24.9. The van der Waals surface area contributed by atoms with E-state index in [1.54, 1.807) is 73.7 Å². The van der Waals surface area contributed by atoms with Gasteiger partial charge in [0.05, 0.1) is 50.5 Å². The van der Waals surface area contributed by atoms with Crippen LogP contribution in [0.25, 0.3) is 0 Å². The van der Waals surface area contributed by atoms with Crippen LogP contribution in [0.2, 0.25) is 0 Å². The second kappa shape index (κ2) is 21.5. The Morgan fingerprint density at radius 2 is 0.899 bits per heavy atom. The van der Waals surface area contributed by atoms with Crippen LogP contribution < -0.4 is 5.32 Å². The fraction of sp³-hybridized carbons (Fsp3) is 0.133. The molecule has 352 valence electrons. The van der Waals surface area contributed by atoms with Crippen LogP contribution in [-0.2, 0) is 43.2 Å². The number of aromatic nitrogens is 3. The van der Waals surface area contributed by atoms with Gasteiger partial charge in [-0.2, -0.15) is 71.0 Å². The Kier molecular flexibility index (Phi) is 15.3. The van der Waals surface area contributed by atoms with Gasteiger partial charge in [-0.05, 0) is 127 Å². The minimum absolute atomic E-state index is 0.104. The molecule has 0 aliphatic carbocycles. The first-order valence-electron chi connectivity index (χ1n) is 20.5. The molecule has 1 aromatic heterocycles. The Hall–Kier alpha value is -7.74. The summed E-state index contributed by atoms with van der Waals surface area (Å²) in [6.45, 7) is 3.50. The van der Waals surface area contributed by atoms with E-state index in [1.807, 2.05) is 31.2 Å². The van der Waals surface area contributed by atoms with Crippen LogP contribution in [0, 0.1) is 13.8 Å². The molecule has 0 aliphatic heterocycles. The van der Waals surface area contributed by atoms with Gasteiger partial charge in [-0.1, -0.05) is 42.5 Å². The number of hydrogen-bond donors (Lipinski definition) is 4. The molecule has 0 amide bonds. The number of rotatable bonds is 18. The number of nitrogens with zero attached hydrogens (tertiary/aromatic N) is 11. The highest BCUT2D eigenvalue weighted by Crippen LogP contribution is 2.33. The van der Waals surface area contributed by atoms with Crippen molar-refractivity contribution in [3.8, 4) is 0 Å². The van der Waals surface area contributed by atoms with Crippen LogP contribution in [0.5, 0.6) is 0 Å². The Morgan fingerprint density at radius 1 is 0.464 bits per heavy atom. The van der Waals surface area contributed by atoms with Crippen molar-refractivity contribution in [3.63, 3.8) is 0 Å². The average molecular weight is 989 g/mol. The lowest BCUT2D eigenvalue weighted by Crippen LogP contribution is -2.17. The zero-order valence-electron chi connectivity index (χ0n) is 36.5. The van der Waals surface area contributed by atoms with E-state index in [0.717, 1.165) is 22.8 Å². The van der Waals surface area contributed by atoms with Crippen molar-refractivity contribution >= 4 is 81.8 Å². The monoisotopic (exact) mass is 988 g/mol. The highest BCUT2D eigenvalue weighted by Gasteiger charge is 2.18. The zero-order valence-corrected chi connectivity index (χ0v) is 38.9. The molecule has 0 radical (unpaired) electrons. The number of aryl methyl sites for hydroxylation is 2. The third kappa shape index (κ3) is 14.6. The molecule has 4 N–H and O–H groups in total. The second-order valence-electron chi connectivity index (χ2n) is 15.0. The number of hydrogen-bond acceptors (Lipinski definition) is 18. The summed E-state index contributed by atoms with van der Waals surface area (Å²) in [5.41, 5.74) is 6.20. The van der Waals surface area contributed by atoms with E-state index in [1.165, 1.54) is 36.4 Å². The SMILES string of the molecule is Cc1cc(Cc2nc(Cc3ccc(N=Nc4ccc(N=Nc5ccccc5)cc4S(=O)(=O)O)c(C)c3)nc(NCCS(=O)(=O)O)n2)ccc1N=Nc1ccc(N=Nc2ccc(S(=O)(=O)O)cc2)cc1. The standard InChI is InChI=1S/C45H40N12O9S3/c1-29-24-31(8-19-39(29)55-53-35-12-10-34(11-13-35)51-52-36-14-17-38(18-15-36)68(61,62)63)26-43-47-44(49-45(48-43)46-22-23-67(58,59)60)27-32-9-20-40(30(2)25-32)56-57-41-21-16-37(28-42(41)69(64,65)66)54-50-33-6-4-3-5-7-33/h3-21,24-25,28H,22-23,26-27H2,1-2H3,(H,58,59,60)(H,61,62,63)(H,64,65,66)(H,46,47,48,49). The maximum absolute atomic E-state index is 12.3. The summed E-state index contributed by atoms with van der Waals surface area (Å²) in [6.07, 6.45) is 0.491. The molecule has 0 spiro atoms. The molecule has 0 fully saturated rings. The molecule has 0 bridgehead atoms. The molecule has 69 heavy (non-hydrogen) atoms. The lowest BCUT2D eigenvalue weighted by atomic mass is 10.1. The van der Waals surface area contributed by atoms with E-state index in [0.29, 0.717) is 51.3 Å². The van der Waals surface area contributed by atoms with Gasteiger partial charge < -0.3 is 5.32 Å². The van der Waals surface area contributed by atoms with E-state index in [-0.39, 0.29) is 41.6 Å². The molecule has 21 nitrogen and oxygen atoms in total. The molecule has 0 unspecified atom stereocenters. The molecule has 7 aromatic rings. The maximum atomic E-state index is 12.3. The van der Waals surface area contributed by atoms with Gasteiger partial charge in [0.15, 0.2) is 0 Å².